The van der Waals surface area contributed by atoms with Gasteiger partial charge in [-0.15, -0.1) is 0 Å². The molecule has 0 saturated heterocycles. The van der Waals surface area contributed by atoms with Crippen LogP contribution in [0.2, 0.25) is 25.2 Å². The van der Waals surface area contributed by atoms with Crippen molar-refractivity contribution in [3.8, 4) is 0 Å². The maximum atomic E-state index is 2.53. The van der Waals surface area contributed by atoms with Gasteiger partial charge >= 0.3 is 0 Å². The molecule has 1 rings (SSSR count). The van der Waals surface area contributed by atoms with E-state index in [4.69, 9.17) is 0 Å². The summed E-state index contributed by atoms with van der Waals surface area (Å²) in [5.74, 6) is 1.00. The van der Waals surface area contributed by atoms with Gasteiger partial charge in [0.15, 0.2) is 0 Å². The van der Waals surface area contributed by atoms with Gasteiger partial charge in [0.05, 0.1) is 0 Å². The predicted octanol–water partition coefficient (Wildman–Crippen LogP) is 3.06. The Morgan fingerprint density at radius 2 is 1.77 bits per heavy atom. The highest BCUT2D eigenvalue weighted by atomic mass is 28.3. The topological polar surface area (TPSA) is 3.24 Å². The van der Waals surface area contributed by atoms with E-state index in [1.165, 1.54) is 25.8 Å². The summed E-state index contributed by atoms with van der Waals surface area (Å²) in [4.78, 5) is 2.36. The zero-order chi connectivity index (χ0) is 10.1. The van der Waals surface area contributed by atoms with Crippen LogP contribution in [0.4, 0.5) is 0 Å². The number of rotatable bonds is 3. The van der Waals surface area contributed by atoms with Crippen molar-refractivity contribution in [3.05, 3.63) is 0 Å². The van der Waals surface area contributed by atoms with Crippen LogP contribution in [0.1, 0.15) is 19.3 Å². The lowest BCUT2D eigenvalue weighted by Crippen LogP contribution is -2.34. The van der Waals surface area contributed by atoms with E-state index in [0.29, 0.717) is 0 Å². The summed E-state index contributed by atoms with van der Waals surface area (Å²) in [5, 5.41) is 0. The molecule has 0 spiro atoms. The Bertz CT molecular complexity index is 160. The lowest BCUT2D eigenvalue weighted by Gasteiger charge is -2.32. The van der Waals surface area contributed by atoms with Crippen LogP contribution in [0.3, 0.4) is 0 Å². The summed E-state index contributed by atoms with van der Waals surface area (Å²) in [6, 6.07) is 0. The number of hydrogen-bond acceptors (Lipinski definition) is 1. The molecule has 13 heavy (non-hydrogen) atoms. The Hall–Kier alpha value is 0.177. The van der Waals surface area contributed by atoms with Gasteiger partial charge in [-0.2, -0.15) is 0 Å². The quantitative estimate of drug-likeness (QED) is 0.632. The fourth-order valence-electron chi connectivity index (χ4n) is 2.86. The smallest absolute Gasteiger partial charge is 0.0477 e. The van der Waals surface area contributed by atoms with E-state index < -0.39 is 8.07 Å². The van der Waals surface area contributed by atoms with Gasteiger partial charge in [0, 0.05) is 14.6 Å². The molecule has 0 amide bonds. The summed E-state index contributed by atoms with van der Waals surface area (Å²) in [5.41, 5.74) is 1.08. The Kier molecular flexibility index (Phi) is 3.58. The molecule has 2 unspecified atom stereocenters. The highest BCUT2D eigenvalue weighted by Gasteiger charge is 2.36. The van der Waals surface area contributed by atoms with Crippen molar-refractivity contribution in [1.29, 1.82) is 0 Å². The molecule has 0 aromatic carbocycles. The normalized spacial score (nSPS) is 30.0. The zero-order valence-corrected chi connectivity index (χ0v) is 10.9. The highest BCUT2D eigenvalue weighted by molar-refractivity contribution is 6.77. The van der Waals surface area contributed by atoms with Gasteiger partial charge in [0.25, 0.3) is 0 Å². The third-order valence-electron chi connectivity index (χ3n) is 3.37. The average Bonchev–Trinajstić information content (AvgIpc) is 2.31. The number of nitrogens with zero attached hydrogens (tertiary/aromatic N) is 1. The molecule has 78 valence electrons. The Labute approximate surface area is 84.5 Å². The molecule has 0 radical (unpaired) electrons. The minimum absolute atomic E-state index is 0.881. The molecule has 0 aromatic heterocycles. The summed E-state index contributed by atoms with van der Waals surface area (Å²) < 4.78 is 0. The fraction of sp³-hybridized carbons (Fsp3) is 1.00. The molecular formula is C11H25NSi. The van der Waals surface area contributed by atoms with Gasteiger partial charge in [0.1, 0.15) is 0 Å². The van der Waals surface area contributed by atoms with Crippen molar-refractivity contribution in [1.82, 2.24) is 4.90 Å². The molecule has 1 nitrogen and oxygen atoms in total. The Morgan fingerprint density at radius 1 is 1.15 bits per heavy atom. The van der Waals surface area contributed by atoms with E-state index in [2.05, 4.69) is 38.6 Å². The van der Waals surface area contributed by atoms with Gasteiger partial charge in [0.2, 0.25) is 0 Å². The Morgan fingerprint density at radius 3 is 2.23 bits per heavy atom. The predicted molar refractivity (Wildman–Crippen MR) is 63.0 cm³/mol. The lowest BCUT2D eigenvalue weighted by molar-refractivity contribution is 0.326. The van der Waals surface area contributed by atoms with Gasteiger partial charge < -0.3 is 4.90 Å². The highest BCUT2D eigenvalue weighted by Crippen LogP contribution is 2.43. The molecule has 1 saturated carbocycles. The second kappa shape index (κ2) is 4.14. The monoisotopic (exact) mass is 199 g/mol. The van der Waals surface area contributed by atoms with Crippen LogP contribution in [-0.2, 0) is 0 Å². The van der Waals surface area contributed by atoms with Crippen LogP contribution in [0, 0.1) is 5.92 Å². The van der Waals surface area contributed by atoms with E-state index in [9.17, 15) is 0 Å². The molecule has 1 aliphatic carbocycles. The third-order valence-corrected chi connectivity index (χ3v) is 6.36. The fourth-order valence-corrected chi connectivity index (χ4v) is 5.62. The van der Waals surface area contributed by atoms with E-state index in [-0.39, 0.29) is 0 Å². The molecule has 0 heterocycles. The molecule has 0 aliphatic heterocycles. The first-order chi connectivity index (χ1) is 5.91. The van der Waals surface area contributed by atoms with Crippen LogP contribution in [0.15, 0.2) is 0 Å². The van der Waals surface area contributed by atoms with Gasteiger partial charge in [-0.1, -0.05) is 32.5 Å². The molecule has 1 fully saturated rings. The minimum Gasteiger partial charge on any atom is -0.309 e. The van der Waals surface area contributed by atoms with E-state index in [1.54, 1.807) is 0 Å². The minimum atomic E-state index is -0.881. The van der Waals surface area contributed by atoms with Crippen molar-refractivity contribution in [3.63, 3.8) is 0 Å². The third kappa shape index (κ3) is 3.10. The van der Waals surface area contributed by atoms with Gasteiger partial charge in [-0.05, 0) is 32.0 Å². The first-order valence-corrected chi connectivity index (χ1v) is 9.13. The van der Waals surface area contributed by atoms with Gasteiger partial charge in [-0.3, -0.25) is 0 Å². The van der Waals surface area contributed by atoms with E-state index in [0.717, 1.165) is 11.5 Å². The molecular weight excluding hydrogens is 174 g/mol. The maximum Gasteiger partial charge on any atom is 0.0477 e. The molecule has 0 N–H and O–H groups in total. The molecule has 1 aliphatic rings. The lowest BCUT2D eigenvalue weighted by atomic mass is 10.1. The van der Waals surface area contributed by atoms with Crippen molar-refractivity contribution < 1.29 is 0 Å². The number of hydrogen-bond donors (Lipinski definition) is 0. The largest absolute Gasteiger partial charge is 0.309 e. The Balaban J connectivity index is 2.54. The van der Waals surface area contributed by atoms with Crippen LogP contribution in [0.25, 0.3) is 0 Å². The average molecular weight is 199 g/mol. The summed E-state index contributed by atoms with van der Waals surface area (Å²) in [7, 11) is 3.54. The van der Waals surface area contributed by atoms with Crippen molar-refractivity contribution in [2.75, 3.05) is 20.6 Å². The molecule has 0 bridgehead atoms. The van der Waals surface area contributed by atoms with E-state index in [1.807, 2.05) is 0 Å². The second-order valence-corrected chi connectivity index (χ2v) is 11.4. The zero-order valence-electron chi connectivity index (χ0n) is 9.93. The van der Waals surface area contributed by atoms with Crippen molar-refractivity contribution in [2.24, 2.45) is 5.92 Å². The standard InChI is InChI=1S/C11H25NSi/c1-12(2)9-10-7-6-8-11(10)13(3,4)5/h10-11H,6-9H2,1-5H3. The molecule has 2 heteroatoms. The first kappa shape index (κ1) is 11.3. The van der Waals surface area contributed by atoms with E-state index >= 15 is 0 Å². The maximum absolute atomic E-state index is 2.53. The molecule has 0 aromatic rings. The summed E-state index contributed by atoms with van der Waals surface area (Å²) in [6.45, 7) is 8.91. The van der Waals surface area contributed by atoms with Crippen LogP contribution >= 0.6 is 0 Å². The summed E-state index contributed by atoms with van der Waals surface area (Å²) >= 11 is 0. The molecule has 2 atom stereocenters. The SMILES string of the molecule is CN(C)CC1CCCC1[Si](C)(C)C. The van der Waals surface area contributed by atoms with Crippen LogP contribution < -0.4 is 0 Å². The van der Waals surface area contributed by atoms with Crippen molar-refractivity contribution >= 4 is 8.07 Å². The summed E-state index contributed by atoms with van der Waals surface area (Å²) in [6.07, 6.45) is 4.47. The van der Waals surface area contributed by atoms with Crippen molar-refractivity contribution in [2.45, 2.75) is 44.4 Å². The van der Waals surface area contributed by atoms with Crippen LogP contribution in [0.5, 0.6) is 0 Å². The van der Waals surface area contributed by atoms with Gasteiger partial charge in [-0.25, -0.2) is 0 Å². The van der Waals surface area contributed by atoms with Crippen LogP contribution in [-0.4, -0.2) is 33.6 Å². The first-order valence-electron chi connectivity index (χ1n) is 5.56. The second-order valence-electron chi connectivity index (χ2n) is 5.93.